The molecule has 1 aromatic rings. The lowest BCUT2D eigenvalue weighted by molar-refractivity contribution is 0.141. The van der Waals surface area contributed by atoms with Gasteiger partial charge in [0.15, 0.2) is 0 Å². The topological polar surface area (TPSA) is 34.4 Å². The van der Waals surface area contributed by atoms with E-state index < -0.39 is 0 Å². The first kappa shape index (κ1) is 12.7. The van der Waals surface area contributed by atoms with Crippen LogP contribution >= 0.6 is 0 Å². The molecule has 1 N–H and O–H groups in total. The van der Waals surface area contributed by atoms with Crippen LogP contribution in [0.1, 0.15) is 49.8 Å². The van der Waals surface area contributed by atoms with Crippen LogP contribution in [0.15, 0.2) is 12.4 Å². The van der Waals surface area contributed by atoms with Gasteiger partial charge in [-0.15, -0.1) is 0 Å². The van der Waals surface area contributed by atoms with Gasteiger partial charge in [-0.1, -0.05) is 6.42 Å². The Morgan fingerprint density at radius 2 is 2.29 bits per heavy atom. The van der Waals surface area contributed by atoms with Gasteiger partial charge < -0.3 is 14.4 Å². The highest BCUT2D eigenvalue weighted by molar-refractivity contribution is 5.27. The number of hydrogen-bond acceptors (Lipinski definition) is 2. The molecule has 3 heteroatoms. The van der Waals surface area contributed by atoms with Crippen LogP contribution in [0.5, 0.6) is 0 Å². The first-order valence-electron chi connectivity index (χ1n) is 6.75. The van der Waals surface area contributed by atoms with Gasteiger partial charge in [0.2, 0.25) is 0 Å². The molecule has 0 radical (unpaired) electrons. The summed E-state index contributed by atoms with van der Waals surface area (Å²) in [6.07, 6.45) is 9.49. The molecule has 3 nitrogen and oxygen atoms in total. The second-order valence-electron chi connectivity index (χ2n) is 4.79. The van der Waals surface area contributed by atoms with Crippen molar-refractivity contribution in [2.75, 3.05) is 13.2 Å². The summed E-state index contributed by atoms with van der Waals surface area (Å²) in [6.45, 7) is 4.62. The van der Waals surface area contributed by atoms with Crippen LogP contribution in [0.4, 0.5) is 0 Å². The zero-order chi connectivity index (χ0) is 12.1. The Labute approximate surface area is 103 Å². The van der Waals surface area contributed by atoms with E-state index in [1.807, 2.05) is 6.92 Å². The first-order valence-corrected chi connectivity index (χ1v) is 6.75. The normalized spacial score (nSPS) is 20.0. The third-order valence-corrected chi connectivity index (χ3v) is 3.44. The molecule has 1 aliphatic carbocycles. The maximum absolute atomic E-state index is 10.0. The van der Waals surface area contributed by atoms with Crippen molar-refractivity contribution in [2.45, 2.75) is 51.7 Å². The molecule has 1 aliphatic rings. The molecule has 1 unspecified atom stereocenters. The SMILES string of the molecule is CCOCCCn1cc2c(c1)C(O)CCCC2. The van der Waals surface area contributed by atoms with Crippen molar-refractivity contribution in [1.82, 2.24) is 4.57 Å². The summed E-state index contributed by atoms with van der Waals surface area (Å²) in [7, 11) is 0. The molecule has 0 amide bonds. The van der Waals surface area contributed by atoms with Gasteiger partial charge in [-0.2, -0.15) is 0 Å². The average molecular weight is 237 g/mol. The van der Waals surface area contributed by atoms with Crippen LogP contribution in [0.2, 0.25) is 0 Å². The molecule has 0 fully saturated rings. The van der Waals surface area contributed by atoms with Crippen molar-refractivity contribution in [3.8, 4) is 0 Å². The number of rotatable bonds is 5. The lowest BCUT2D eigenvalue weighted by atomic mass is 10.1. The Balaban J connectivity index is 1.94. The highest BCUT2D eigenvalue weighted by Crippen LogP contribution is 2.29. The fourth-order valence-corrected chi connectivity index (χ4v) is 2.51. The Kier molecular flexibility index (Phi) is 4.63. The number of fused-ring (bicyclic) bond motifs is 1. The minimum Gasteiger partial charge on any atom is -0.388 e. The molecule has 2 rings (SSSR count). The van der Waals surface area contributed by atoms with Gasteiger partial charge in [0, 0.05) is 37.7 Å². The summed E-state index contributed by atoms with van der Waals surface area (Å²) in [5.41, 5.74) is 2.49. The third kappa shape index (κ3) is 3.33. The minimum absolute atomic E-state index is 0.249. The average Bonchev–Trinajstić information content (AvgIpc) is 2.66. The molecule has 1 heterocycles. The minimum atomic E-state index is -0.249. The summed E-state index contributed by atoms with van der Waals surface area (Å²) >= 11 is 0. The number of ether oxygens (including phenoxy) is 1. The van der Waals surface area contributed by atoms with E-state index in [0.717, 1.165) is 51.0 Å². The molecule has 96 valence electrons. The van der Waals surface area contributed by atoms with Crippen LogP contribution in [0, 0.1) is 0 Å². The van der Waals surface area contributed by atoms with Crippen molar-refractivity contribution >= 4 is 0 Å². The van der Waals surface area contributed by atoms with Crippen molar-refractivity contribution in [1.29, 1.82) is 0 Å². The predicted molar refractivity (Wildman–Crippen MR) is 68.1 cm³/mol. The van der Waals surface area contributed by atoms with Crippen molar-refractivity contribution in [3.63, 3.8) is 0 Å². The van der Waals surface area contributed by atoms with Gasteiger partial charge in [0.05, 0.1) is 6.10 Å². The molecular weight excluding hydrogens is 214 g/mol. The Bertz CT molecular complexity index is 346. The molecule has 0 bridgehead atoms. The summed E-state index contributed by atoms with van der Waals surface area (Å²) in [4.78, 5) is 0. The van der Waals surface area contributed by atoms with Gasteiger partial charge in [-0.25, -0.2) is 0 Å². The third-order valence-electron chi connectivity index (χ3n) is 3.44. The smallest absolute Gasteiger partial charge is 0.0807 e. The molecule has 0 spiro atoms. The Morgan fingerprint density at radius 3 is 3.12 bits per heavy atom. The Morgan fingerprint density at radius 1 is 1.41 bits per heavy atom. The lowest BCUT2D eigenvalue weighted by Gasteiger charge is -2.06. The van der Waals surface area contributed by atoms with Gasteiger partial charge in [-0.3, -0.25) is 0 Å². The molecule has 1 atom stereocenters. The maximum Gasteiger partial charge on any atom is 0.0807 e. The molecule has 17 heavy (non-hydrogen) atoms. The van der Waals surface area contributed by atoms with Crippen molar-refractivity contribution < 1.29 is 9.84 Å². The number of aliphatic hydroxyl groups is 1. The maximum atomic E-state index is 10.0. The van der Waals surface area contributed by atoms with Gasteiger partial charge in [-0.05, 0) is 38.2 Å². The van der Waals surface area contributed by atoms with Crippen molar-refractivity contribution in [3.05, 3.63) is 23.5 Å². The number of hydrogen-bond donors (Lipinski definition) is 1. The predicted octanol–water partition coefficient (Wildman–Crippen LogP) is 2.67. The molecule has 0 aliphatic heterocycles. The molecular formula is C14H23NO2. The second-order valence-corrected chi connectivity index (χ2v) is 4.79. The summed E-state index contributed by atoms with van der Waals surface area (Å²) in [6, 6.07) is 0. The van der Waals surface area contributed by atoms with E-state index in [9.17, 15) is 5.11 Å². The largest absolute Gasteiger partial charge is 0.388 e. The fourth-order valence-electron chi connectivity index (χ4n) is 2.51. The van der Waals surface area contributed by atoms with Crippen LogP contribution < -0.4 is 0 Å². The van der Waals surface area contributed by atoms with Crippen LogP contribution in [-0.2, 0) is 17.7 Å². The second kappa shape index (κ2) is 6.22. The summed E-state index contributed by atoms with van der Waals surface area (Å²) < 4.78 is 7.54. The van der Waals surface area contributed by atoms with E-state index in [2.05, 4.69) is 17.0 Å². The van der Waals surface area contributed by atoms with E-state index in [1.54, 1.807) is 0 Å². The molecule has 0 saturated carbocycles. The summed E-state index contributed by atoms with van der Waals surface area (Å²) in [5, 5.41) is 10.0. The number of aromatic nitrogens is 1. The standard InChI is InChI=1S/C14H23NO2/c1-2-17-9-5-8-15-10-12-6-3-4-7-14(16)13(12)11-15/h10-11,14,16H,2-9H2,1H3. The Hall–Kier alpha value is -0.800. The monoisotopic (exact) mass is 237 g/mol. The zero-order valence-electron chi connectivity index (χ0n) is 10.7. The van der Waals surface area contributed by atoms with Crippen LogP contribution in [0.3, 0.4) is 0 Å². The highest BCUT2D eigenvalue weighted by Gasteiger charge is 2.17. The fraction of sp³-hybridized carbons (Fsp3) is 0.714. The molecule has 1 aromatic heterocycles. The van der Waals surface area contributed by atoms with E-state index in [4.69, 9.17) is 4.74 Å². The number of aliphatic hydroxyl groups excluding tert-OH is 1. The number of nitrogens with zero attached hydrogens (tertiary/aromatic N) is 1. The van der Waals surface area contributed by atoms with Gasteiger partial charge in [0.25, 0.3) is 0 Å². The lowest BCUT2D eigenvalue weighted by Crippen LogP contribution is -2.01. The van der Waals surface area contributed by atoms with Crippen LogP contribution in [0.25, 0.3) is 0 Å². The zero-order valence-corrected chi connectivity index (χ0v) is 10.7. The van der Waals surface area contributed by atoms with Gasteiger partial charge >= 0.3 is 0 Å². The van der Waals surface area contributed by atoms with Gasteiger partial charge in [0.1, 0.15) is 0 Å². The van der Waals surface area contributed by atoms with E-state index in [-0.39, 0.29) is 6.10 Å². The van der Waals surface area contributed by atoms with Crippen LogP contribution in [-0.4, -0.2) is 22.9 Å². The molecule has 0 aromatic carbocycles. The van der Waals surface area contributed by atoms with E-state index in [0.29, 0.717) is 0 Å². The van der Waals surface area contributed by atoms with E-state index in [1.165, 1.54) is 12.0 Å². The van der Waals surface area contributed by atoms with E-state index >= 15 is 0 Å². The quantitative estimate of drug-likeness (QED) is 0.631. The number of aryl methyl sites for hydroxylation is 2. The highest BCUT2D eigenvalue weighted by atomic mass is 16.5. The first-order chi connectivity index (χ1) is 8.31. The van der Waals surface area contributed by atoms with Crippen molar-refractivity contribution in [2.24, 2.45) is 0 Å². The molecule has 0 saturated heterocycles. The summed E-state index contributed by atoms with van der Waals surface area (Å²) in [5.74, 6) is 0.